The molecule has 4 aliphatic carbocycles. The van der Waals surface area contributed by atoms with Crippen LogP contribution >= 0.6 is 15.9 Å². The molecule has 8 atom stereocenters. The summed E-state index contributed by atoms with van der Waals surface area (Å²) in [4.78, 5) is 12.6. The zero-order chi connectivity index (χ0) is 16.6. The Morgan fingerprint density at radius 1 is 1.13 bits per heavy atom. The van der Waals surface area contributed by atoms with Crippen LogP contribution in [0.5, 0.6) is 0 Å². The van der Waals surface area contributed by atoms with Crippen molar-refractivity contribution in [3.05, 3.63) is 11.6 Å². The van der Waals surface area contributed by atoms with Crippen molar-refractivity contribution in [2.45, 2.75) is 69.4 Å². The quantitative estimate of drug-likeness (QED) is 0.499. The first-order valence-electron chi connectivity index (χ1n) is 9.03. The second kappa shape index (κ2) is 5.15. The molecule has 0 saturated heterocycles. The van der Waals surface area contributed by atoms with Crippen LogP contribution in [0.2, 0.25) is 0 Å². The van der Waals surface area contributed by atoms with Gasteiger partial charge < -0.3 is 10.2 Å². The first-order chi connectivity index (χ1) is 10.8. The highest BCUT2D eigenvalue weighted by atomic mass is 79.9. The minimum Gasteiger partial charge on any atom is -0.392 e. The minimum absolute atomic E-state index is 0.0404. The average Bonchev–Trinajstić information content (AvgIpc) is 2.73. The van der Waals surface area contributed by atoms with Crippen LogP contribution in [-0.4, -0.2) is 33.0 Å². The molecule has 4 rings (SSSR count). The molecule has 0 heterocycles. The molecule has 3 saturated carbocycles. The SMILES string of the molecule is C[C@]12CC[C@H](O)C=C1C[C@@H](O)[C@@H]1[C@@H]2CC[C@]2(C)C(=O)[C@H](Br)C[C@@H]12. The number of aliphatic hydroxyl groups excluding tert-OH is 2. The van der Waals surface area contributed by atoms with Gasteiger partial charge in [-0.05, 0) is 61.7 Å². The molecule has 0 aromatic carbocycles. The van der Waals surface area contributed by atoms with Crippen LogP contribution in [0.3, 0.4) is 0 Å². The van der Waals surface area contributed by atoms with Gasteiger partial charge in [0.05, 0.1) is 17.0 Å². The summed E-state index contributed by atoms with van der Waals surface area (Å²) in [6.07, 6.45) is 6.60. The fraction of sp³-hybridized carbons (Fsp3) is 0.842. The van der Waals surface area contributed by atoms with Gasteiger partial charge >= 0.3 is 0 Å². The van der Waals surface area contributed by atoms with Crippen LogP contribution in [0.4, 0.5) is 0 Å². The lowest BCUT2D eigenvalue weighted by atomic mass is 9.46. The third-order valence-electron chi connectivity index (χ3n) is 7.81. The van der Waals surface area contributed by atoms with E-state index in [4.69, 9.17) is 0 Å². The number of hydrogen-bond donors (Lipinski definition) is 2. The van der Waals surface area contributed by atoms with E-state index < -0.39 is 0 Å². The molecule has 0 radical (unpaired) electrons. The van der Waals surface area contributed by atoms with E-state index in [-0.39, 0.29) is 33.8 Å². The van der Waals surface area contributed by atoms with Gasteiger partial charge in [-0.15, -0.1) is 0 Å². The molecule has 0 spiro atoms. The van der Waals surface area contributed by atoms with Crippen LogP contribution in [-0.2, 0) is 4.79 Å². The van der Waals surface area contributed by atoms with E-state index in [1.165, 1.54) is 5.57 Å². The lowest BCUT2D eigenvalue weighted by Crippen LogP contribution is -2.55. The van der Waals surface area contributed by atoms with Gasteiger partial charge in [0.25, 0.3) is 0 Å². The van der Waals surface area contributed by atoms with Crippen LogP contribution in [0, 0.1) is 28.6 Å². The van der Waals surface area contributed by atoms with Crippen LogP contribution in [0.1, 0.15) is 52.4 Å². The minimum atomic E-state index is -0.375. The molecule has 0 amide bonds. The normalized spacial score (nSPS) is 55.7. The highest BCUT2D eigenvalue weighted by Gasteiger charge is 2.63. The van der Waals surface area contributed by atoms with E-state index in [1.807, 2.05) is 6.08 Å². The maximum Gasteiger partial charge on any atom is 0.152 e. The highest BCUT2D eigenvalue weighted by Crippen LogP contribution is 2.65. The summed E-state index contributed by atoms with van der Waals surface area (Å²) < 4.78 is 0. The Hall–Kier alpha value is -0.190. The zero-order valence-electron chi connectivity index (χ0n) is 14.0. The number of halogens is 1. The van der Waals surface area contributed by atoms with E-state index in [0.29, 0.717) is 24.0 Å². The van der Waals surface area contributed by atoms with Crippen LogP contribution in [0.25, 0.3) is 0 Å². The summed E-state index contributed by atoms with van der Waals surface area (Å²) in [5.41, 5.74) is 1.09. The summed E-state index contributed by atoms with van der Waals surface area (Å²) in [7, 11) is 0. The van der Waals surface area contributed by atoms with E-state index in [2.05, 4.69) is 29.8 Å². The van der Waals surface area contributed by atoms with E-state index in [0.717, 1.165) is 32.1 Å². The topological polar surface area (TPSA) is 57.5 Å². The monoisotopic (exact) mass is 382 g/mol. The van der Waals surface area contributed by atoms with E-state index in [1.54, 1.807) is 0 Å². The molecule has 0 unspecified atom stereocenters. The number of fused-ring (bicyclic) bond motifs is 5. The second-order valence-electron chi connectivity index (χ2n) is 8.80. The Morgan fingerprint density at radius 2 is 1.83 bits per heavy atom. The predicted octanol–water partition coefficient (Wildman–Crippen LogP) is 3.22. The summed E-state index contributed by atoms with van der Waals surface area (Å²) in [5, 5.41) is 20.9. The number of carbonyl (C=O) groups is 1. The Morgan fingerprint density at radius 3 is 2.57 bits per heavy atom. The maximum atomic E-state index is 12.7. The van der Waals surface area contributed by atoms with Gasteiger partial charge in [0.15, 0.2) is 5.78 Å². The van der Waals surface area contributed by atoms with Crippen LogP contribution in [0.15, 0.2) is 11.6 Å². The van der Waals surface area contributed by atoms with E-state index in [9.17, 15) is 15.0 Å². The summed E-state index contributed by atoms with van der Waals surface area (Å²) in [5.74, 6) is 1.29. The van der Waals surface area contributed by atoms with Gasteiger partial charge in [0.1, 0.15) is 0 Å². The fourth-order valence-electron chi connectivity index (χ4n) is 6.43. The van der Waals surface area contributed by atoms with E-state index >= 15 is 0 Å². The molecule has 0 aliphatic heterocycles. The molecule has 0 aromatic rings. The Bertz CT molecular complexity index is 573. The highest BCUT2D eigenvalue weighted by molar-refractivity contribution is 9.10. The first kappa shape index (κ1) is 16.3. The maximum absolute atomic E-state index is 12.7. The van der Waals surface area contributed by atoms with Gasteiger partial charge in [-0.3, -0.25) is 4.79 Å². The van der Waals surface area contributed by atoms with Crippen molar-refractivity contribution in [3.63, 3.8) is 0 Å². The predicted molar refractivity (Wildman–Crippen MR) is 92.2 cm³/mol. The molecular formula is C19H27BrO3. The Kier molecular flexibility index (Phi) is 3.65. The number of aliphatic hydroxyl groups is 2. The van der Waals surface area contributed by atoms with Crippen molar-refractivity contribution >= 4 is 21.7 Å². The molecule has 128 valence electrons. The molecule has 0 aromatic heterocycles. The lowest BCUT2D eigenvalue weighted by molar-refractivity contribution is -0.138. The Balaban J connectivity index is 1.74. The van der Waals surface area contributed by atoms with Gasteiger partial charge in [0, 0.05) is 5.41 Å². The number of Topliss-reactive ketones (excluding diaryl/α,β-unsaturated/α-hetero) is 1. The van der Waals surface area contributed by atoms with Crippen molar-refractivity contribution in [1.82, 2.24) is 0 Å². The summed E-state index contributed by atoms with van der Waals surface area (Å²) in [6.45, 7) is 4.46. The Labute approximate surface area is 146 Å². The van der Waals surface area contributed by atoms with Crippen molar-refractivity contribution in [2.75, 3.05) is 0 Å². The molecule has 3 nitrogen and oxygen atoms in total. The van der Waals surface area contributed by atoms with Crippen LogP contribution < -0.4 is 0 Å². The van der Waals surface area contributed by atoms with Gasteiger partial charge in [-0.2, -0.15) is 0 Å². The molecule has 3 fully saturated rings. The summed E-state index contributed by atoms with van der Waals surface area (Å²) >= 11 is 3.58. The second-order valence-corrected chi connectivity index (χ2v) is 9.91. The van der Waals surface area contributed by atoms with Gasteiger partial charge in [-0.25, -0.2) is 0 Å². The fourth-order valence-corrected chi connectivity index (χ4v) is 7.35. The van der Waals surface area contributed by atoms with Gasteiger partial charge in [-0.1, -0.05) is 41.4 Å². The third kappa shape index (κ3) is 2.10. The number of alkyl halides is 1. The molecule has 0 bridgehead atoms. The van der Waals surface area contributed by atoms with Crippen molar-refractivity contribution in [2.24, 2.45) is 28.6 Å². The summed E-state index contributed by atoms with van der Waals surface area (Å²) in [6, 6.07) is 0. The number of ketones is 1. The first-order valence-corrected chi connectivity index (χ1v) is 9.94. The van der Waals surface area contributed by atoms with Crippen molar-refractivity contribution in [3.8, 4) is 0 Å². The molecule has 4 heteroatoms. The number of hydrogen-bond acceptors (Lipinski definition) is 3. The molecule has 4 aliphatic rings. The number of carbonyl (C=O) groups excluding carboxylic acids is 1. The smallest absolute Gasteiger partial charge is 0.152 e. The molecular weight excluding hydrogens is 356 g/mol. The molecule has 2 N–H and O–H groups in total. The average molecular weight is 383 g/mol. The largest absolute Gasteiger partial charge is 0.392 e. The zero-order valence-corrected chi connectivity index (χ0v) is 15.6. The van der Waals surface area contributed by atoms with Gasteiger partial charge in [0.2, 0.25) is 0 Å². The standard InChI is InChI=1S/C19H27BrO3/c1-18-5-3-11(21)7-10(18)8-15(22)16-12(18)4-6-19(2)13(16)9-14(20)17(19)23/h7,11-16,21-22H,3-6,8-9H2,1-2H3/t11-,12-,13-,14+,15+,16+,18-,19-/m0/s1. The van der Waals surface area contributed by atoms with Crippen molar-refractivity contribution < 1.29 is 15.0 Å². The number of rotatable bonds is 0. The third-order valence-corrected chi connectivity index (χ3v) is 8.60. The lowest BCUT2D eigenvalue weighted by Gasteiger charge is -2.58. The van der Waals surface area contributed by atoms with Crippen molar-refractivity contribution in [1.29, 1.82) is 0 Å². The molecule has 23 heavy (non-hydrogen) atoms.